The number of aromatic nitrogens is 3. The van der Waals surface area contributed by atoms with Crippen LogP contribution < -0.4 is 25.2 Å². The lowest BCUT2D eigenvalue weighted by Crippen LogP contribution is -2.28. The number of aryl methyl sites for hydroxylation is 1. The smallest absolute Gasteiger partial charge is 0.266 e. The summed E-state index contributed by atoms with van der Waals surface area (Å²) >= 11 is 0. The Balaban J connectivity index is 1.63. The first-order valence-electron chi connectivity index (χ1n) is 11.5. The number of methoxy groups -OCH3 is 2. The molecule has 0 fully saturated rings. The second-order valence-electron chi connectivity index (χ2n) is 8.12. The van der Waals surface area contributed by atoms with E-state index in [2.05, 4.69) is 20.3 Å². The predicted molar refractivity (Wildman–Crippen MR) is 136 cm³/mol. The van der Waals surface area contributed by atoms with E-state index in [9.17, 15) is 13.2 Å². The number of sulfonamides is 1. The van der Waals surface area contributed by atoms with Crippen LogP contribution in [-0.2, 0) is 23.0 Å². The standard InChI is InChI=1S/C24H28N6O6S/c1-4-15-5-6-18(34-2)21(11-15)37(32,33)29-23-22-19(35-3)9-16(10-20(22)36-28-23)13-30-14-17(12-27-30)24(31)26-8-7-25/h5-6,9-12,14H,4,7-8,13,25H2,1-3H3,(H,26,31)(H,28,29). The number of benzene rings is 2. The number of nitrogens with two attached hydrogens (primary N) is 1. The van der Waals surface area contributed by atoms with Crippen molar-refractivity contribution in [2.24, 2.45) is 5.73 Å². The second-order valence-corrected chi connectivity index (χ2v) is 9.77. The Morgan fingerprint density at radius 3 is 2.62 bits per heavy atom. The van der Waals surface area contributed by atoms with Crippen LogP contribution in [0, 0.1) is 0 Å². The molecular weight excluding hydrogens is 500 g/mol. The molecule has 0 unspecified atom stereocenters. The molecule has 2 heterocycles. The van der Waals surface area contributed by atoms with Gasteiger partial charge in [-0.1, -0.05) is 18.1 Å². The maximum atomic E-state index is 13.3. The minimum absolute atomic E-state index is 0.00827. The van der Waals surface area contributed by atoms with Crippen molar-refractivity contribution in [3.05, 3.63) is 59.4 Å². The van der Waals surface area contributed by atoms with Crippen LogP contribution in [0.3, 0.4) is 0 Å². The zero-order valence-corrected chi connectivity index (χ0v) is 21.5. The van der Waals surface area contributed by atoms with Gasteiger partial charge in [0.2, 0.25) is 0 Å². The van der Waals surface area contributed by atoms with Crippen LogP contribution in [0.2, 0.25) is 0 Å². The molecule has 0 bridgehead atoms. The number of fused-ring (bicyclic) bond motifs is 1. The van der Waals surface area contributed by atoms with Crippen LogP contribution in [0.5, 0.6) is 11.5 Å². The third-order valence-electron chi connectivity index (χ3n) is 5.64. The van der Waals surface area contributed by atoms with E-state index in [4.69, 9.17) is 19.7 Å². The molecule has 13 heteroatoms. The van der Waals surface area contributed by atoms with Crippen LogP contribution in [-0.4, -0.2) is 56.6 Å². The summed E-state index contributed by atoms with van der Waals surface area (Å²) in [5, 5.41) is 11.2. The van der Waals surface area contributed by atoms with Crippen molar-refractivity contribution in [1.29, 1.82) is 0 Å². The number of carbonyl (C=O) groups excluding carboxylic acids is 1. The van der Waals surface area contributed by atoms with Crippen molar-refractivity contribution >= 4 is 32.7 Å². The number of nitrogens with zero attached hydrogens (tertiary/aromatic N) is 3. The molecule has 0 aliphatic rings. The number of hydrogen-bond donors (Lipinski definition) is 3. The minimum Gasteiger partial charge on any atom is -0.496 e. The van der Waals surface area contributed by atoms with Gasteiger partial charge in [-0.15, -0.1) is 0 Å². The average molecular weight is 529 g/mol. The molecule has 0 radical (unpaired) electrons. The van der Waals surface area contributed by atoms with Crippen LogP contribution in [0.25, 0.3) is 11.0 Å². The second kappa shape index (κ2) is 10.9. The van der Waals surface area contributed by atoms with E-state index >= 15 is 0 Å². The molecule has 1 amide bonds. The minimum atomic E-state index is -4.06. The molecule has 2 aromatic carbocycles. The van der Waals surface area contributed by atoms with E-state index in [1.54, 1.807) is 35.1 Å². The summed E-state index contributed by atoms with van der Waals surface area (Å²) in [5.74, 6) is 0.286. The fraction of sp³-hybridized carbons (Fsp3) is 0.292. The van der Waals surface area contributed by atoms with Gasteiger partial charge in [-0.3, -0.25) is 14.2 Å². The molecule has 196 valence electrons. The zero-order valence-electron chi connectivity index (χ0n) is 20.6. The molecule has 4 aromatic rings. The van der Waals surface area contributed by atoms with E-state index in [0.29, 0.717) is 48.3 Å². The largest absolute Gasteiger partial charge is 0.496 e. The first kappa shape index (κ1) is 26.0. The molecule has 4 rings (SSSR count). The number of rotatable bonds is 11. The summed E-state index contributed by atoms with van der Waals surface area (Å²) in [7, 11) is -1.19. The van der Waals surface area contributed by atoms with Gasteiger partial charge in [-0.2, -0.15) is 5.10 Å². The Kier molecular flexibility index (Phi) is 7.64. The Labute approximate surface area is 213 Å². The Morgan fingerprint density at radius 1 is 1.14 bits per heavy atom. The molecule has 2 aromatic heterocycles. The van der Waals surface area contributed by atoms with Gasteiger partial charge < -0.3 is 25.0 Å². The summed E-state index contributed by atoms with van der Waals surface area (Å²) in [6.07, 6.45) is 3.73. The highest BCUT2D eigenvalue weighted by Gasteiger charge is 2.25. The quantitative estimate of drug-likeness (QED) is 0.265. The summed E-state index contributed by atoms with van der Waals surface area (Å²) in [6, 6.07) is 8.42. The van der Waals surface area contributed by atoms with Crippen LogP contribution in [0.1, 0.15) is 28.4 Å². The normalized spacial score (nSPS) is 11.5. The first-order chi connectivity index (χ1) is 17.8. The summed E-state index contributed by atoms with van der Waals surface area (Å²) in [6.45, 7) is 2.94. The molecule has 37 heavy (non-hydrogen) atoms. The number of hydrogen-bond acceptors (Lipinski definition) is 9. The van der Waals surface area contributed by atoms with Gasteiger partial charge in [0.1, 0.15) is 21.8 Å². The monoisotopic (exact) mass is 528 g/mol. The van der Waals surface area contributed by atoms with Crippen LogP contribution in [0.15, 0.2) is 52.1 Å². The molecule has 0 saturated heterocycles. The Hall–Kier alpha value is -4.10. The van der Waals surface area contributed by atoms with Gasteiger partial charge in [0.05, 0.1) is 32.5 Å². The molecule has 0 aliphatic heterocycles. The summed E-state index contributed by atoms with van der Waals surface area (Å²) < 4.78 is 46.8. The van der Waals surface area contributed by atoms with E-state index in [1.807, 2.05) is 13.0 Å². The molecule has 0 spiro atoms. The highest BCUT2D eigenvalue weighted by molar-refractivity contribution is 7.92. The third kappa shape index (κ3) is 5.52. The third-order valence-corrected chi connectivity index (χ3v) is 7.00. The lowest BCUT2D eigenvalue weighted by molar-refractivity contribution is 0.0954. The molecule has 0 aliphatic carbocycles. The van der Waals surface area contributed by atoms with Crippen LogP contribution >= 0.6 is 0 Å². The first-order valence-corrected chi connectivity index (χ1v) is 12.9. The van der Waals surface area contributed by atoms with E-state index in [-0.39, 0.29) is 22.4 Å². The number of anilines is 1. The van der Waals surface area contributed by atoms with Gasteiger partial charge in [0.25, 0.3) is 15.9 Å². The van der Waals surface area contributed by atoms with E-state index < -0.39 is 10.0 Å². The van der Waals surface area contributed by atoms with Crippen molar-refractivity contribution in [1.82, 2.24) is 20.3 Å². The number of amides is 1. The van der Waals surface area contributed by atoms with E-state index in [1.165, 1.54) is 20.4 Å². The number of nitrogens with one attached hydrogen (secondary N) is 2. The number of carbonyl (C=O) groups is 1. The highest BCUT2D eigenvalue weighted by Crippen LogP contribution is 2.36. The summed E-state index contributed by atoms with van der Waals surface area (Å²) in [5.41, 5.74) is 7.72. The van der Waals surface area contributed by atoms with Crippen LogP contribution in [0.4, 0.5) is 5.82 Å². The predicted octanol–water partition coefficient (Wildman–Crippen LogP) is 2.14. The van der Waals surface area contributed by atoms with E-state index in [0.717, 1.165) is 11.1 Å². The van der Waals surface area contributed by atoms with Crippen molar-refractivity contribution in [2.45, 2.75) is 24.8 Å². The van der Waals surface area contributed by atoms with Gasteiger partial charge in [-0.05, 0) is 41.8 Å². The fourth-order valence-electron chi connectivity index (χ4n) is 3.79. The maximum absolute atomic E-state index is 13.3. The Bertz CT molecular complexity index is 1530. The SMILES string of the molecule is CCc1ccc(OC)c(S(=O)(=O)Nc2noc3cc(Cn4cc(C(=O)NCCN)cn4)cc(OC)c23)c1. The van der Waals surface area contributed by atoms with Crippen molar-refractivity contribution in [3.8, 4) is 11.5 Å². The van der Waals surface area contributed by atoms with Gasteiger partial charge in [0, 0.05) is 19.3 Å². The number of ether oxygens (including phenoxy) is 2. The molecule has 0 atom stereocenters. The van der Waals surface area contributed by atoms with Gasteiger partial charge >= 0.3 is 0 Å². The van der Waals surface area contributed by atoms with Crippen molar-refractivity contribution in [3.63, 3.8) is 0 Å². The summed E-state index contributed by atoms with van der Waals surface area (Å²) in [4.78, 5) is 12.1. The van der Waals surface area contributed by atoms with Gasteiger partial charge in [0.15, 0.2) is 11.4 Å². The molecule has 12 nitrogen and oxygen atoms in total. The molecule has 0 saturated carbocycles. The fourth-order valence-corrected chi connectivity index (χ4v) is 5.01. The zero-order chi connectivity index (χ0) is 26.6. The maximum Gasteiger partial charge on any atom is 0.266 e. The molecular formula is C24H28N6O6S. The van der Waals surface area contributed by atoms with Gasteiger partial charge in [-0.25, -0.2) is 8.42 Å². The van der Waals surface area contributed by atoms with Crippen molar-refractivity contribution < 1.29 is 27.2 Å². The highest BCUT2D eigenvalue weighted by atomic mass is 32.2. The topological polar surface area (TPSA) is 164 Å². The molecule has 4 N–H and O–H groups in total. The lowest BCUT2D eigenvalue weighted by Gasteiger charge is -2.12. The average Bonchev–Trinajstić information content (AvgIpc) is 3.53. The Morgan fingerprint density at radius 2 is 1.92 bits per heavy atom. The lowest BCUT2D eigenvalue weighted by atomic mass is 10.1. The van der Waals surface area contributed by atoms with Crippen molar-refractivity contribution in [2.75, 3.05) is 32.0 Å².